The molecule has 0 bridgehead atoms. The van der Waals surface area contributed by atoms with Crippen LogP contribution in [-0.2, 0) is 11.2 Å². The summed E-state index contributed by atoms with van der Waals surface area (Å²) in [6.45, 7) is 8.16. The van der Waals surface area contributed by atoms with Gasteiger partial charge in [-0.3, -0.25) is 14.6 Å². The highest BCUT2D eigenvalue weighted by Crippen LogP contribution is 2.49. The van der Waals surface area contributed by atoms with Gasteiger partial charge in [0.2, 0.25) is 0 Å². The number of ether oxygens (including phenoxy) is 1. The van der Waals surface area contributed by atoms with Crippen molar-refractivity contribution in [1.82, 2.24) is 20.1 Å². The molecular weight excluding hydrogens is 456 g/mol. The number of rotatable bonds is 8. The van der Waals surface area contributed by atoms with Gasteiger partial charge < -0.3 is 20.1 Å². The minimum atomic E-state index is -1.04. The van der Waals surface area contributed by atoms with Crippen molar-refractivity contribution in [3.05, 3.63) is 59.3 Å². The molecule has 8 heteroatoms. The molecule has 0 radical (unpaired) electrons. The number of hydrogen-bond acceptors (Lipinski definition) is 5. The number of aromatic nitrogens is 1. The number of carbonyl (C=O) groups excluding carboxylic acids is 2. The molecule has 2 atom stereocenters. The van der Waals surface area contributed by atoms with Gasteiger partial charge in [0.15, 0.2) is 0 Å². The normalized spacial score (nSPS) is 21.4. The number of aromatic hydroxyl groups is 1. The summed E-state index contributed by atoms with van der Waals surface area (Å²) in [4.78, 5) is 34.3. The van der Waals surface area contributed by atoms with Gasteiger partial charge >= 0.3 is 6.03 Å². The van der Waals surface area contributed by atoms with Crippen molar-refractivity contribution in [2.75, 3.05) is 26.7 Å². The number of imide groups is 1. The quantitative estimate of drug-likeness (QED) is 0.325. The van der Waals surface area contributed by atoms with Gasteiger partial charge in [0.1, 0.15) is 23.1 Å². The number of fused-ring (bicyclic) bond motifs is 4. The maximum absolute atomic E-state index is 13.8. The van der Waals surface area contributed by atoms with Gasteiger partial charge in [-0.05, 0) is 73.8 Å². The third-order valence-corrected chi connectivity index (χ3v) is 7.35. The minimum absolute atomic E-state index is 0.116. The zero-order valence-corrected chi connectivity index (χ0v) is 21.3. The van der Waals surface area contributed by atoms with Crippen LogP contribution in [0.2, 0.25) is 0 Å². The van der Waals surface area contributed by atoms with Crippen molar-refractivity contribution >= 4 is 22.8 Å². The minimum Gasteiger partial charge on any atom is -0.508 e. The molecule has 0 saturated carbocycles. The fourth-order valence-electron chi connectivity index (χ4n) is 5.61. The molecule has 3 heterocycles. The second-order valence-corrected chi connectivity index (χ2v) is 10.4. The molecule has 0 aliphatic carbocycles. The maximum Gasteiger partial charge on any atom is 0.328 e. The number of carbonyl (C=O) groups is 2. The third-order valence-electron chi connectivity index (χ3n) is 7.35. The zero-order chi connectivity index (χ0) is 25.6. The first-order chi connectivity index (χ1) is 17.2. The molecule has 3 aromatic rings. The largest absolute Gasteiger partial charge is 0.508 e. The number of phenolic OH excluding ortho intramolecular Hbond substituents is 1. The molecule has 36 heavy (non-hydrogen) atoms. The van der Waals surface area contributed by atoms with E-state index in [1.807, 2.05) is 31.2 Å². The van der Waals surface area contributed by atoms with Gasteiger partial charge in [0.25, 0.3) is 5.91 Å². The third kappa shape index (κ3) is 3.89. The summed E-state index contributed by atoms with van der Waals surface area (Å²) in [5, 5.41) is 14.6. The van der Waals surface area contributed by atoms with Crippen LogP contribution in [0.3, 0.4) is 0 Å². The molecule has 8 nitrogen and oxygen atoms in total. The number of H-pyrrole nitrogens is 1. The molecule has 190 valence electrons. The molecule has 1 aromatic heterocycles. The first-order valence-corrected chi connectivity index (χ1v) is 12.6. The lowest BCUT2D eigenvalue weighted by atomic mass is 9.81. The molecule has 2 aromatic carbocycles. The number of nitrogens with zero attached hydrogens (tertiary/aromatic N) is 2. The summed E-state index contributed by atoms with van der Waals surface area (Å²) in [5.41, 5.74) is 2.50. The van der Waals surface area contributed by atoms with Gasteiger partial charge in [-0.25, -0.2) is 4.79 Å². The fourth-order valence-corrected chi connectivity index (χ4v) is 5.61. The van der Waals surface area contributed by atoms with Gasteiger partial charge in [0, 0.05) is 29.6 Å². The number of nitrogens with one attached hydrogen (secondary N) is 2. The van der Waals surface area contributed by atoms with Crippen molar-refractivity contribution in [3.8, 4) is 11.5 Å². The van der Waals surface area contributed by atoms with Crippen LogP contribution in [0.1, 0.15) is 50.1 Å². The van der Waals surface area contributed by atoms with E-state index in [0.29, 0.717) is 25.3 Å². The van der Waals surface area contributed by atoms with Crippen LogP contribution in [0.4, 0.5) is 4.79 Å². The predicted octanol–water partition coefficient (Wildman–Crippen LogP) is 4.19. The van der Waals surface area contributed by atoms with E-state index >= 15 is 0 Å². The number of urea groups is 1. The number of hydrogen-bond donors (Lipinski definition) is 3. The number of aromatic amines is 1. The molecule has 3 amide bonds. The molecule has 5 rings (SSSR count). The highest BCUT2D eigenvalue weighted by atomic mass is 16.5. The van der Waals surface area contributed by atoms with E-state index in [0.717, 1.165) is 46.6 Å². The van der Waals surface area contributed by atoms with E-state index in [4.69, 9.17) is 4.74 Å². The van der Waals surface area contributed by atoms with E-state index in [9.17, 15) is 14.7 Å². The zero-order valence-electron chi connectivity index (χ0n) is 21.3. The molecule has 2 aliphatic heterocycles. The average Bonchev–Trinajstić information content (AvgIpc) is 3.29. The first-order valence-electron chi connectivity index (χ1n) is 12.6. The van der Waals surface area contributed by atoms with Crippen molar-refractivity contribution in [1.29, 1.82) is 0 Å². The van der Waals surface area contributed by atoms with Crippen LogP contribution in [-0.4, -0.2) is 64.1 Å². The summed E-state index contributed by atoms with van der Waals surface area (Å²) in [7, 11) is 1.63. The van der Waals surface area contributed by atoms with Crippen molar-refractivity contribution in [2.24, 2.45) is 5.92 Å². The lowest BCUT2D eigenvalue weighted by Gasteiger charge is -2.42. The fraction of sp³-hybridized carbons (Fsp3) is 0.429. The van der Waals surface area contributed by atoms with Gasteiger partial charge in [-0.15, -0.1) is 0 Å². The Bertz CT molecular complexity index is 1320. The Balaban J connectivity index is 1.56. The maximum atomic E-state index is 13.8. The van der Waals surface area contributed by atoms with Crippen molar-refractivity contribution < 1.29 is 19.4 Å². The SMILES string of the molecule is COc1ccc2[nH]c3c(c2c1)C[C@@]1(C)C(=O)N(CCCNCC(C)C)C(=O)N1[C@@H]3c1cccc(O)c1. The summed E-state index contributed by atoms with van der Waals surface area (Å²) in [6, 6.07) is 11.9. The Morgan fingerprint density at radius 1 is 1.22 bits per heavy atom. The monoisotopic (exact) mass is 490 g/mol. The number of amides is 3. The van der Waals surface area contributed by atoms with E-state index in [1.54, 1.807) is 30.2 Å². The van der Waals surface area contributed by atoms with Crippen LogP contribution < -0.4 is 10.1 Å². The van der Waals surface area contributed by atoms with Crippen LogP contribution >= 0.6 is 0 Å². The first kappa shape index (κ1) is 24.2. The van der Waals surface area contributed by atoms with Crippen LogP contribution in [0.15, 0.2) is 42.5 Å². The number of phenols is 1. The van der Waals surface area contributed by atoms with Crippen LogP contribution in [0, 0.1) is 5.92 Å². The molecule has 2 aliphatic rings. The topological polar surface area (TPSA) is 97.9 Å². The summed E-state index contributed by atoms with van der Waals surface area (Å²) < 4.78 is 5.46. The van der Waals surface area contributed by atoms with Gasteiger partial charge in [0.05, 0.1) is 7.11 Å². The summed E-state index contributed by atoms with van der Waals surface area (Å²) >= 11 is 0. The second kappa shape index (κ2) is 9.17. The highest BCUT2D eigenvalue weighted by molar-refractivity contribution is 6.08. The molecule has 3 N–H and O–H groups in total. The Morgan fingerprint density at radius 2 is 2.03 bits per heavy atom. The van der Waals surface area contributed by atoms with Crippen molar-refractivity contribution in [3.63, 3.8) is 0 Å². The van der Waals surface area contributed by atoms with E-state index in [-0.39, 0.29) is 17.7 Å². The number of methoxy groups -OCH3 is 1. The Hall–Kier alpha value is -3.52. The van der Waals surface area contributed by atoms with E-state index in [2.05, 4.69) is 24.1 Å². The average molecular weight is 491 g/mol. The highest BCUT2D eigenvalue weighted by Gasteiger charge is 2.60. The van der Waals surface area contributed by atoms with Crippen molar-refractivity contribution in [2.45, 2.75) is 45.2 Å². The molecule has 1 fully saturated rings. The van der Waals surface area contributed by atoms with Crippen LogP contribution in [0.25, 0.3) is 10.9 Å². The molecule has 1 saturated heterocycles. The second-order valence-electron chi connectivity index (χ2n) is 10.4. The lowest BCUT2D eigenvalue weighted by Crippen LogP contribution is -2.53. The lowest BCUT2D eigenvalue weighted by molar-refractivity contribution is -0.133. The Labute approximate surface area is 211 Å². The molecular formula is C28H34N4O4. The van der Waals surface area contributed by atoms with E-state index < -0.39 is 11.6 Å². The smallest absolute Gasteiger partial charge is 0.328 e. The molecule has 0 unspecified atom stereocenters. The number of benzene rings is 2. The summed E-state index contributed by atoms with van der Waals surface area (Å²) in [6.07, 6.45) is 1.09. The van der Waals surface area contributed by atoms with Gasteiger partial charge in [-0.2, -0.15) is 0 Å². The Morgan fingerprint density at radius 3 is 2.75 bits per heavy atom. The van der Waals surface area contributed by atoms with Crippen LogP contribution in [0.5, 0.6) is 11.5 Å². The standard InChI is InChI=1S/C28H34N4O4/c1-17(2)16-29-11-6-12-31-26(34)28(3)15-22-21-14-20(36-4)9-10-23(21)30-24(22)25(32(28)27(31)35)18-7-5-8-19(33)13-18/h5,7-10,13-14,17,25,29-30,33H,6,11-12,15-16H2,1-4H3/t25-,28+/m1/s1. The summed E-state index contributed by atoms with van der Waals surface area (Å²) in [5.74, 6) is 1.21. The Kier molecular flexibility index (Phi) is 6.16. The van der Waals surface area contributed by atoms with E-state index in [1.165, 1.54) is 4.90 Å². The molecule has 0 spiro atoms. The predicted molar refractivity (Wildman–Crippen MR) is 138 cm³/mol. The van der Waals surface area contributed by atoms with Gasteiger partial charge in [-0.1, -0.05) is 26.0 Å².